The fraction of sp³-hybridized carbons (Fsp3) is 0.217. The molecule has 0 radical (unpaired) electrons. The van der Waals surface area contributed by atoms with Gasteiger partial charge in [0.1, 0.15) is 17.2 Å². The van der Waals surface area contributed by atoms with E-state index >= 15 is 0 Å². The summed E-state index contributed by atoms with van der Waals surface area (Å²) in [5.41, 5.74) is 10.5. The molecule has 1 aliphatic heterocycles. The normalized spacial score (nSPS) is 15.9. The Morgan fingerprint density at radius 2 is 1.89 bits per heavy atom. The van der Waals surface area contributed by atoms with Gasteiger partial charge < -0.3 is 14.9 Å². The van der Waals surface area contributed by atoms with Gasteiger partial charge in [0.2, 0.25) is 5.88 Å². The van der Waals surface area contributed by atoms with Crippen LogP contribution in [-0.2, 0) is 6.42 Å². The second-order valence-corrected chi connectivity index (χ2v) is 7.11. The summed E-state index contributed by atoms with van der Waals surface area (Å²) in [6, 6.07) is 13.8. The number of rotatable bonds is 2. The van der Waals surface area contributed by atoms with Gasteiger partial charge in [-0.25, -0.2) is 4.79 Å². The molecule has 140 valence electrons. The van der Waals surface area contributed by atoms with Crippen molar-refractivity contribution < 1.29 is 9.15 Å². The topological polar surface area (TPSA) is 89.3 Å². The number of aryl methyl sites for hydroxylation is 3. The maximum absolute atomic E-state index is 13.0. The highest BCUT2D eigenvalue weighted by Crippen LogP contribution is 2.44. The van der Waals surface area contributed by atoms with Gasteiger partial charge in [-0.2, -0.15) is 5.26 Å². The van der Waals surface area contributed by atoms with E-state index in [1.807, 2.05) is 44.2 Å². The second kappa shape index (κ2) is 6.58. The maximum Gasteiger partial charge on any atom is 0.344 e. The Hall–Kier alpha value is -3.52. The molecule has 0 bridgehead atoms. The van der Waals surface area contributed by atoms with Gasteiger partial charge in [-0.3, -0.25) is 0 Å². The summed E-state index contributed by atoms with van der Waals surface area (Å²) in [6.45, 7) is 5.94. The lowest BCUT2D eigenvalue weighted by Gasteiger charge is -2.26. The van der Waals surface area contributed by atoms with Crippen LogP contribution >= 0.6 is 0 Å². The SMILES string of the molecule is CCc1ccc([C@@H]2C(C#N)=C(N)Oc3c2c(=O)oc2cc(C)cc(C)c32)cc1. The molecular weight excluding hydrogens is 352 g/mol. The highest BCUT2D eigenvalue weighted by Gasteiger charge is 2.35. The van der Waals surface area contributed by atoms with Crippen molar-refractivity contribution in [3.8, 4) is 11.8 Å². The van der Waals surface area contributed by atoms with Crippen molar-refractivity contribution in [3.63, 3.8) is 0 Å². The summed E-state index contributed by atoms with van der Waals surface area (Å²) >= 11 is 0. The molecule has 2 heterocycles. The molecule has 5 nitrogen and oxygen atoms in total. The van der Waals surface area contributed by atoms with Crippen LogP contribution < -0.4 is 16.1 Å². The molecule has 2 N–H and O–H groups in total. The molecule has 0 aliphatic carbocycles. The van der Waals surface area contributed by atoms with Crippen LogP contribution in [0.4, 0.5) is 0 Å². The molecule has 0 unspecified atom stereocenters. The van der Waals surface area contributed by atoms with Crippen molar-refractivity contribution in [3.05, 3.63) is 86.1 Å². The minimum atomic E-state index is -0.624. The average Bonchev–Trinajstić information content (AvgIpc) is 2.66. The quantitative estimate of drug-likeness (QED) is 0.681. The molecule has 0 spiro atoms. The summed E-state index contributed by atoms with van der Waals surface area (Å²) in [5, 5.41) is 10.4. The lowest BCUT2D eigenvalue weighted by Crippen LogP contribution is -2.26. The molecule has 4 rings (SSSR count). The first-order chi connectivity index (χ1) is 13.4. The number of nitrogens with zero attached hydrogens (tertiary/aromatic N) is 1. The summed E-state index contributed by atoms with van der Waals surface area (Å²) in [7, 11) is 0. The summed E-state index contributed by atoms with van der Waals surface area (Å²) in [4.78, 5) is 13.0. The fourth-order valence-corrected chi connectivity index (χ4v) is 3.89. The Labute approximate surface area is 162 Å². The first-order valence-corrected chi connectivity index (χ1v) is 9.19. The Morgan fingerprint density at radius 3 is 2.54 bits per heavy atom. The minimum absolute atomic E-state index is 0.0199. The van der Waals surface area contributed by atoms with Crippen LogP contribution in [0.25, 0.3) is 11.0 Å². The standard InChI is InChI=1S/C23H20N2O3/c1-4-14-5-7-15(8-6-14)19-16(11-24)22(25)28-21-18-13(3)9-12(2)10-17(18)27-23(26)20(19)21/h5-10,19H,4,25H2,1-3H3/t19-/m1/s1. The molecule has 28 heavy (non-hydrogen) atoms. The van der Waals surface area contributed by atoms with E-state index in [0.29, 0.717) is 22.3 Å². The highest BCUT2D eigenvalue weighted by atomic mass is 16.5. The number of hydrogen-bond donors (Lipinski definition) is 1. The Bertz CT molecular complexity index is 1230. The Kier molecular flexibility index (Phi) is 4.20. The fourth-order valence-electron chi connectivity index (χ4n) is 3.89. The number of benzene rings is 2. The summed E-state index contributed by atoms with van der Waals surface area (Å²) in [5.74, 6) is -0.225. The third kappa shape index (κ3) is 2.66. The van der Waals surface area contributed by atoms with Gasteiger partial charge in [0.15, 0.2) is 5.75 Å². The van der Waals surface area contributed by atoms with Crippen LogP contribution in [0.5, 0.6) is 5.75 Å². The molecule has 1 aliphatic rings. The van der Waals surface area contributed by atoms with Crippen molar-refractivity contribution in [2.24, 2.45) is 5.73 Å². The van der Waals surface area contributed by atoms with Crippen LogP contribution in [0.3, 0.4) is 0 Å². The van der Waals surface area contributed by atoms with E-state index in [1.165, 1.54) is 5.56 Å². The number of fused-ring (bicyclic) bond motifs is 3. The number of allylic oxidation sites excluding steroid dienone is 1. The largest absolute Gasteiger partial charge is 0.439 e. The van der Waals surface area contributed by atoms with Crippen LogP contribution in [0, 0.1) is 25.2 Å². The van der Waals surface area contributed by atoms with Crippen LogP contribution in [-0.4, -0.2) is 0 Å². The zero-order valence-corrected chi connectivity index (χ0v) is 16.0. The van der Waals surface area contributed by atoms with Crippen molar-refractivity contribution >= 4 is 11.0 Å². The second-order valence-electron chi connectivity index (χ2n) is 7.11. The van der Waals surface area contributed by atoms with Gasteiger partial charge in [-0.1, -0.05) is 37.3 Å². The minimum Gasteiger partial charge on any atom is -0.439 e. The van der Waals surface area contributed by atoms with Gasteiger partial charge in [0, 0.05) is 0 Å². The number of nitrogens with two attached hydrogens (primary N) is 1. The molecule has 3 aromatic rings. The first-order valence-electron chi connectivity index (χ1n) is 9.19. The molecule has 0 fully saturated rings. The third-order valence-electron chi connectivity index (χ3n) is 5.23. The van der Waals surface area contributed by atoms with Crippen LogP contribution in [0.2, 0.25) is 0 Å². The van der Waals surface area contributed by atoms with Gasteiger partial charge >= 0.3 is 5.63 Å². The Morgan fingerprint density at radius 1 is 1.18 bits per heavy atom. The van der Waals surface area contributed by atoms with Crippen LogP contribution in [0.1, 0.15) is 40.7 Å². The average molecular weight is 372 g/mol. The van der Waals surface area contributed by atoms with E-state index in [1.54, 1.807) is 6.07 Å². The molecule has 0 amide bonds. The van der Waals surface area contributed by atoms with Crippen molar-refractivity contribution in [2.75, 3.05) is 0 Å². The monoisotopic (exact) mass is 372 g/mol. The lowest BCUT2D eigenvalue weighted by molar-refractivity contribution is 0.388. The number of ether oxygens (including phenoxy) is 1. The highest BCUT2D eigenvalue weighted by molar-refractivity contribution is 5.89. The molecule has 0 saturated heterocycles. The zero-order chi connectivity index (χ0) is 20.0. The van der Waals surface area contributed by atoms with Gasteiger partial charge in [0.05, 0.1) is 16.9 Å². The predicted molar refractivity (Wildman–Crippen MR) is 107 cm³/mol. The van der Waals surface area contributed by atoms with E-state index < -0.39 is 11.5 Å². The molecule has 2 aromatic carbocycles. The molecule has 1 aromatic heterocycles. The van der Waals surface area contributed by atoms with E-state index in [-0.39, 0.29) is 11.5 Å². The van der Waals surface area contributed by atoms with E-state index in [4.69, 9.17) is 14.9 Å². The molecule has 1 atom stereocenters. The third-order valence-corrected chi connectivity index (χ3v) is 5.23. The lowest BCUT2D eigenvalue weighted by atomic mass is 9.83. The number of nitriles is 1. The Balaban J connectivity index is 2.06. The van der Waals surface area contributed by atoms with Gasteiger partial charge in [-0.05, 0) is 48.6 Å². The van der Waals surface area contributed by atoms with Crippen molar-refractivity contribution in [2.45, 2.75) is 33.1 Å². The number of hydrogen-bond acceptors (Lipinski definition) is 5. The van der Waals surface area contributed by atoms with Crippen molar-refractivity contribution in [1.82, 2.24) is 0 Å². The predicted octanol–water partition coefficient (Wildman–Crippen LogP) is 4.19. The van der Waals surface area contributed by atoms with Crippen molar-refractivity contribution in [1.29, 1.82) is 5.26 Å². The summed E-state index contributed by atoms with van der Waals surface area (Å²) < 4.78 is 11.5. The molecule has 0 saturated carbocycles. The van der Waals surface area contributed by atoms with E-state index in [0.717, 1.165) is 23.1 Å². The zero-order valence-electron chi connectivity index (χ0n) is 16.0. The first kappa shape index (κ1) is 17.9. The smallest absolute Gasteiger partial charge is 0.344 e. The molecular formula is C23H20N2O3. The summed E-state index contributed by atoms with van der Waals surface area (Å²) in [6.07, 6.45) is 0.902. The van der Waals surface area contributed by atoms with Gasteiger partial charge in [0.25, 0.3) is 0 Å². The van der Waals surface area contributed by atoms with E-state index in [9.17, 15) is 10.1 Å². The van der Waals surface area contributed by atoms with E-state index in [2.05, 4.69) is 13.0 Å². The molecule has 5 heteroatoms. The maximum atomic E-state index is 13.0. The van der Waals surface area contributed by atoms with Crippen LogP contribution in [0.15, 0.2) is 57.1 Å². The van der Waals surface area contributed by atoms with Gasteiger partial charge in [-0.15, -0.1) is 0 Å².